The first-order valence-corrected chi connectivity index (χ1v) is 6.57. The summed E-state index contributed by atoms with van der Waals surface area (Å²) in [5.74, 6) is -0.288. The quantitative estimate of drug-likeness (QED) is 0.743. The first-order valence-electron chi connectivity index (χ1n) is 6.57. The zero-order valence-electron chi connectivity index (χ0n) is 11.4. The Morgan fingerprint density at radius 1 is 1.18 bits per heavy atom. The number of anilines is 1. The van der Waals surface area contributed by atoms with Gasteiger partial charge in [-0.3, -0.25) is 0 Å². The molecular formula is C14H12FN5O2. The van der Waals surface area contributed by atoms with E-state index < -0.39 is 5.76 Å². The van der Waals surface area contributed by atoms with E-state index in [1.165, 1.54) is 24.5 Å². The van der Waals surface area contributed by atoms with Crippen molar-refractivity contribution in [2.75, 3.05) is 11.9 Å². The van der Waals surface area contributed by atoms with E-state index in [-0.39, 0.29) is 11.7 Å². The van der Waals surface area contributed by atoms with E-state index in [1.807, 2.05) is 0 Å². The van der Waals surface area contributed by atoms with Gasteiger partial charge in [-0.05, 0) is 24.1 Å². The average molecular weight is 301 g/mol. The molecule has 0 bridgehead atoms. The van der Waals surface area contributed by atoms with Gasteiger partial charge in [0.15, 0.2) is 0 Å². The maximum atomic E-state index is 12.8. The lowest BCUT2D eigenvalue weighted by molar-refractivity contribution is 0.526. The lowest BCUT2D eigenvalue weighted by Gasteiger charge is -2.05. The summed E-state index contributed by atoms with van der Waals surface area (Å²) in [5.41, 5.74) is 1.52. The lowest BCUT2D eigenvalue weighted by atomic mass is 10.1. The van der Waals surface area contributed by atoms with Gasteiger partial charge < -0.3 is 9.73 Å². The van der Waals surface area contributed by atoms with Crippen molar-refractivity contribution in [1.29, 1.82) is 0 Å². The molecule has 0 aliphatic heterocycles. The molecule has 2 heterocycles. The highest BCUT2D eigenvalue weighted by Gasteiger charge is 2.06. The summed E-state index contributed by atoms with van der Waals surface area (Å²) < 4.78 is 17.6. The molecule has 7 nitrogen and oxygen atoms in total. The molecule has 0 atom stereocenters. The fraction of sp³-hybridized carbons (Fsp3) is 0.143. The maximum Gasteiger partial charge on any atom is 0.434 e. The van der Waals surface area contributed by atoms with Crippen LogP contribution in [0.3, 0.4) is 0 Å². The van der Waals surface area contributed by atoms with Crippen LogP contribution in [0, 0.1) is 5.82 Å². The number of H-pyrrole nitrogens is 1. The van der Waals surface area contributed by atoms with E-state index in [9.17, 15) is 9.18 Å². The summed E-state index contributed by atoms with van der Waals surface area (Å²) >= 11 is 0. The summed E-state index contributed by atoms with van der Waals surface area (Å²) in [7, 11) is 0. The Balaban J connectivity index is 1.57. The van der Waals surface area contributed by atoms with Crippen LogP contribution in [-0.2, 0) is 6.42 Å². The van der Waals surface area contributed by atoms with Crippen LogP contribution in [-0.4, -0.2) is 26.7 Å². The third-order valence-corrected chi connectivity index (χ3v) is 2.95. The minimum Gasteiger partial charge on any atom is -0.388 e. The third-order valence-electron chi connectivity index (χ3n) is 2.95. The van der Waals surface area contributed by atoms with Crippen molar-refractivity contribution < 1.29 is 8.81 Å². The molecule has 0 unspecified atom stereocenters. The number of halogens is 1. The van der Waals surface area contributed by atoms with Gasteiger partial charge in [0.05, 0.1) is 5.56 Å². The number of aromatic nitrogens is 4. The largest absolute Gasteiger partial charge is 0.434 e. The molecule has 8 heteroatoms. The molecule has 3 rings (SSSR count). The van der Waals surface area contributed by atoms with Crippen LogP contribution in [0.25, 0.3) is 11.5 Å². The number of nitrogens with zero attached hydrogens (tertiary/aromatic N) is 3. The van der Waals surface area contributed by atoms with Gasteiger partial charge in [-0.2, -0.15) is 0 Å². The Morgan fingerprint density at radius 3 is 2.55 bits per heavy atom. The zero-order valence-corrected chi connectivity index (χ0v) is 11.4. The monoisotopic (exact) mass is 301 g/mol. The maximum absolute atomic E-state index is 12.8. The van der Waals surface area contributed by atoms with Crippen molar-refractivity contribution >= 4 is 5.95 Å². The van der Waals surface area contributed by atoms with Crippen molar-refractivity contribution in [2.45, 2.75) is 6.42 Å². The minimum atomic E-state index is -0.628. The van der Waals surface area contributed by atoms with E-state index >= 15 is 0 Å². The highest BCUT2D eigenvalue weighted by atomic mass is 19.1. The van der Waals surface area contributed by atoms with E-state index in [0.29, 0.717) is 18.1 Å². The van der Waals surface area contributed by atoms with Crippen LogP contribution in [0.5, 0.6) is 0 Å². The second-order valence-electron chi connectivity index (χ2n) is 4.52. The fourth-order valence-corrected chi connectivity index (χ4v) is 1.85. The molecule has 2 aromatic heterocycles. The van der Waals surface area contributed by atoms with Crippen LogP contribution in [0.15, 0.2) is 45.9 Å². The van der Waals surface area contributed by atoms with E-state index in [0.717, 1.165) is 12.0 Å². The molecule has 0 amide bonds. The van der Waals surface area contributed by atoms with Crippen molar-refractivity contribution in [3.63, 3.8) is 0 Å². The topological polar surface area (TPSA) is 96.7 Å². The van der Waals surface area contributed by atoms with Crippen LogP contribution in [0.2, 0.25) is 0 Å². The fourth-order valence-electron chi connectivity index (χ4n) is 1.85. The lowest BCUT2D eigenvalue weighted by Crippen LogP contribution is -2.07. The Hall–Kier alpha value is -3.03. The molecule has 0 spiro atoms. The molecule has 22 heavy (non-hydrogen) atoms. The van der Waals surface area contributed by atoms with Gasteiger partial charge in [-0.15, -0.1) is 5.10 Å². The third kappa shape index (κ3) is 3.35. The average Bonchev–Trinajstić information content (AvgIpc) is 2.97. The van der Waals surface area contributed by atoms with E-state index in [1.54, 1.807) is 12.1 Å². The number of hydrogen-bond acceptors (Lipinski definition) is 6. The van der Waals surface area contributed by atoms with Gasteiger partial charge in [-0.1, -0.05) is 12.1 Å². The van der Waals surface area contributed by atoms with Crippen molar-refractivity contribution in [3.8, 4) is 11.5 Å². The summed E-state index contributed by atoms with van der Waals surface area (Å²) in [6, 6.07) is 6.33. The normalized spacial score (nSPS) is 10.6. The Labute approximate surface area is 124 Å². The molecule has 2 N–H and O–H groups in total. The summed E-state index contributed by atoms with van der Waals surface area (Å²) in [5, 5.41) is 8.91. The van der Waals surface area contributed by atoms with Crippen LogP contribution in [0.4, 0.5) is 10.3 Å². The summed E-state index contributed by atoms with van der Waals surface area (Å²) in [6.07, 6.45) is 3.73. The van der Waals surface area contributed by atoms with Gasteiger partial charge in [0.2, 0.25) is 5.95 Å². The number of benzene rings is 1. The van der Waals surface area contributed by atoms with Crippen LogP contribution in [0.1, 0.15) is 5.56 Å². The van der Waals surface area contributed by atoms with Gasteiger partial charge in [0, 0.05) is 18.9 Å². The van der Waals surface area contributed by atoms with E-state index in [2.05, 4.69) is 25.5 Å². The Bertz CT molecular complexity index is 795. The second kappa shape index (κ2) is 6.17. The zero-order chi connectivity index (χ0) is 15.4. The van der Waals surface area contributed by atoms with Gasteiger partial charge in [0.25, 0.3) is 5.89 Å². The molecule has 0 radical (unpaired) electrons. The molecule has 0 saturated carbocycles. The Kier molecular flexibility index (Phi) is 3.90. The van der Waals surface area contributed by atoms with E-state index in [4.69, 9.17) is 4.42 Å². The molecule has 1 aromatic carbocycles. The molecule has 0 saturated heterocycles. The molecular weight excluding hydrogens is 289 g/mol. The molecule has 0 aliphatic carbocycles. The SMILES string of the molecule is O=c1[nH]nc(-c2cnc(NCCc3ccc(F)cc3)nc2)o1. The summed E-state index contributed by atoms with van der Waals surface area (Å²) in [4.78, 5) is 19.1. The number of nitrogens with one attached hydrogen (secondary N) is 2. The number of hydrogen-bond donors (Lipinski definition) is 2. The van der Waals surface area contributed by atoms with Crippen molar-refractivity contribution in [3.05, 3.63) is 58.6 Å². The van der Waals surface area contributed by atoms with Gasteiger partial charge >= 0.3 is 5.76 Å². The van der Waals surface area contributed by atoms with Gasteiger partial charge in [0.1, 0.15) is 5.82 Å². The molecule has 3 aromatic rings. The Morgan fingerprint density at radius 2 is 1.91 bits per heavy atom. The van der Waals surface area contributed by atoms with Gasteiger partial charge in [-0.25, -0.2) is 24.3 Å². The predicted octanol–water partition coefficient (Wildman–Crippen LogP) is 1.61. The molecule has 0 aliphatic rings. The number of aromatic amines is 1. The molecule has 0 fully saturated rings. The smallest absolute Gasteiger partial charge is 0.388 e. The first kappa shape index (κ1) is 13.9. The highest BCUT2D eigenvalue weighted by molar-refractivity contribution is 5.49. The second-order valence-corrected chi connectivity index (χ2v) is 4.52. The van der Waals surface area contributed by atoms with Crippen LogP contribution >= 0.6 is 0 Å². The van der Waals surface area contributed by atoms with Crippen molar-refractivity contribution in [2.24, 2.45) is 0 Å². The summed E-state index contributed by atoms with van der Waals surface area (Å²) in [6.45, 7) is 0.614. The standard InChI is InChI=1S/C14H12FN5O2/c15-11-3-1-9(2-4-11)5-6-16-13-17-7-10(8-18-13)12-19-20-14(21)22-12/h1-4,7-8H,5-6H2,(H,20,21)(H,16,17,18). The van der Waals surface area contributed by atoms with Crippen molar-refractivity contribution in [1.82, 2.24) is 20.2 Å². The molecule has 112 valence electrons. The predicted molar refractivity (Wildman–Crippen MR) is 76.7 cm³/mol. The number of rotatable bonds is 5. The van der Waals surface area contributed by atoms with Crippen LogP contribution < -0.4 is 11.1 Å². The minimum absolute atomic E-state index is 0.142. The highest BCUT2D eigenvalue weighted by Crippen LogP contribution is 2.12. The first-order chi connectivity index (χ1) is 10.7.